The number of thiazole rings is 1. The molecule has 0 bridgehead atoms. The maximum atomic E-state index is 12.4. The van der Waals surface area contributed by atoms with Crippen LogP contribution in [0.2, 0.25) is 0 Å². The second-order valence-electron chi connectivity index (χ2n) is 5.31. The normalized spacial score (nSPS) is 12.8. The fourth-order valence-corrected chi connectivity index (χ4v) is 4.09. The molecule has 1 unspecified atom stereocenters. The minimum Gasteiger partial charge on any atom is -0.349 e. The van der Waals surface area contributed by atoms with Gasteiger partial charge >= 0.3 is 0 Å². The Morgan fingerprint density at radius 2 is 2.09 bits per heavy atom. The van der Waals surface area contributed by atoms with Gasteiger partial charge in [-0.2, -0.15) is 4.72 Å². The SMILES string of the molecule is Cc1ccc(S(=O)(=O)NC(C)C(=O)NCc2cscn2)c(C)c1. The Morgan fingerprint density at radius 3 is 2.70 bits per heavy atom. The molecule has 0 radical (unpaired) electrons. The highest BCUT2D eigenvalue weighted by molar-refractivity contribution is 7.89. The fourth-order valence-electron chi connectivity index (χ4n) is 2.11. The molecule has 2 N–H and O–H groups in total. The van der Waals surface area contributed by atoms with E-state index in [2.05, 4.69) is 15.0 Å². The minimum absolute atomic E-state index is 0.183. The van der Waals surface area contributed by atoms with Crippen molar-refractivity contribution in [1.29, 1.82) is 0 Å². The number of carbonyl (C=O) groups excluding carboxylic acids is 1. The van der Waals surface area contributed by atoms with E-state index in [1.165, 1.54) is 18.3 Å². The van der Waals surface area contributed by atoms with Gasteiger partial charge in [0.05, 0.1) is 28.7 Å². The van der Waals surface area contributed by atoms with Gasteiger partial charge in [-0.25, -0.2) is 13.4 Å². The van der Waals surface area contributed by atoms with Crippen molar-refractivity contribution in [3.8, 4) is 0 Å². The maximum absolute atomic E-state index is 12.4. The average Bonchev–Trinajstić information content (AvgIpc) is 2.96. The fraction of sp³-hybridized carbons (Fsp3) is 0.333. The van der Waals surface area contributed by atoms with Gasteiger partial charge in [0.2, 0.25) is 15.9 Å². The summed E-state index contributed by atoms with van der Waals surface area (Å²) in [5.74, 6) is -0.397. The highest BCUT2D eigenvalue weighted by Gasteiger charge is 2.23. The van der Waals surface area contributed by atoms with E-state index in [9.17, 15) is 13.2 Å². The average molecular weight is 353 g/mol. The summed E-state index contributed by atoms with van der Waals surface area (Å²) in [4.78, 5) is 16.3. The Kier molecular flexibility index (Phi) is 5.51. The van der Waals surface area contributed by atoms with Crippen LogP contribution in [0.5, 0.6) is 0 Å². The van der Waals surface area contributed by atoms with Crippen LogP contribution in [0, 0.1) is 13.8 Å². The topological polar surface area (TPSA) is 88.2 Å². The number of sulfonamides is 1. The number of hydrogen-bond acceptors (Lipinski definition) is 5. The zero-order valence-electron chi connectivity index (χ0n) is 13.2. The van der Waals surface area contributed by atoms with Crippen molar-refractivity contribution < 1.29 is 13.2 Å². The number of carbonyl (C=O) groups is 1. The van der Waals surface area contributed by atoms with Gasteiger partial charge in [-0.1, -0.05) is 17.7 Å². The van der Waals surface area contributed by atoms with E-state index in [4.69, 9.17) is 0 Å². The molecule has 2 aromatic rings. The molecule has 23 heavy (non-hydrogen) atoms. The number of aryl methyl sites for hydroxylation is 2. The van der Waals surface area contributed by atoms with Crippen molar-refractivity contribution in [2.45, 2.75) is 38.3 Å². The van der Waals surface area contributed by atoms with Crippen LogP contribution in [0.4, 0.5) is 0 Å². The van der Waals surface area contributed by atoms with E-state index in [-0.39, 0.29) is 11.4 Å². The van der Waals surface area contributed by atoms with Gasteiger partial charge in [-0.05, 0) is 32.4 Å². The van der Waals surface area contributed by atoms with E-state index in [0.717, 1.165) is 11.3 Å². The minimum atomic E-state index is -3.75. The van der Waals surface area contributed by atoms with Crippen molar-refractivity contribution in [3.63, 3.8) is 0 Å². The molecule has 8 heteroatoms. The lowest BCUT2D eigenvalue weighted by atomic mass is 10.2. The van der Waals surface area contributed by atoms with Crippen molar-refractivity contribution in [2.24, 2.45) is 0 Å². The van der Waals surface area contributed by atoms with Gasteiger partial charge in [0, 0.05) is 5.38 Å². The number of benzene rings is 1. The molecule has 0 aliphatic heterocycles. The van der Waals surface area contributed by atoms with Gasteiger partial charge in [0.1, 0.15) is 0 Å². The largest absolute Gasteiger partial charge is 0.349 e. The third kappa shape index (κ3) is 4.60. The zero-order valence-corrected chi connectivity index (χ0v) is 14.8. The third-order valence-electron chi connectivity index (χ3n) is 3.27. The zero-order chi connectivity index (χ0) is 17.0. The molecule has 6 nitrogen and oxygen atoms in total. The van der Waals surface area contributed by atoms with E-state index < -0.39 is 22.0 Å². The third-order valence-corrected chi connectivity index (χ3v) is 5.61. The standard InChI is InChI=1S/C15H19N3O3S2/c1-10-4-5-14(11(2)6-10)23(20,21)18-12(3)15(19)16-7-13-8-22-9-17-13/h4-6,8-9,12,18H,7H2,1-3H3,(H,16,19). The van der Waals surface area contributed by atoms with E-state index in [1.54, 1.807) is 30.6 Å². The molecule has 0 spiro atoms. The number of aromatic nitrogens is 1. The molecular weight excluding hydrogens is 334 g/mol. The summed E-state index contributed by atoms with van der Waals surface area (Å²) >= 11 is 1.44. The summed E-state index contributed by atoms with van der Waals surface area (Å²) in [6.07, 6.45) is 0. The summed E-state index contributed by atoms with van der Waals surface area (Å²) < 4.78 is 27.2. The summed E-state index contributed by atoms with van der Waals surface area (Å²) in [5.41, 5.74) is 4.05. The number of rotatable bonds is 6. The lowest BCUT2D eigenvalue weighted by Crippen LogP contribution is -2.44. The van der Waals surface area contributed by atoms with Gasteiger partial charge < -0.3 is 5.32 Å². The van der Waals surface area contributed by atoms with Gasteiger partial charge in [-0.3, -0.25) is 4.79 Å². The Morgan fingerprint density at radius 1 is 1.35 bits per heavy atom. The lowest BCUT2D eigenvalue weighted by molar-refractivity contribution is -0.122. The van der Waals surface area contributed by atoms with Crippen LogP contribution in [0.15, 0.2) is 34.0 Å². The summed E-state index contributed by atoms with van der Waals surface area (Å²) in [5, 5.41) is 4.49. The molecule has 0 fully saturated rings. The summed E-state index contributed by atoms with van der Waals surface area (Å²) in [6.45, 7) is 5.41. The number of nitrogens with one attached hydrogen (secondary N) is 2. The molecule has 2 rings (SSSR count). The van der Waals surface area contributed by atoms with Crippen molar-refractivity contribution in [3.05, 3.63) is 45.9 Å². The van der Waals surface area contributed by atoms with Crippen LogP contribution in [0.3, 0.4) is 0 Å². The first-order chi connectivity index (χ1) is 10.8. The summed E-state index contributed by atoms with van der Waals surface area (Å²) in [6, 6.07) is 4.20. The molecule has 0 aliphatic carbocycles. The molecule has 0 saturated carbocycles. The monoisotopic (exact) mass is 353 g/mol. The second-order valence-corrected chi connectivity index (χ2v) is 7.71. The van der Waals surface area contributed by atoms with Crippen molar-refractivity contribution in [1.82, 2.24) is 15.0 Å². The smallest absolute Gasteiger partial charge is 0.241 e. The Hall–Kier alpha value is -1.77. The Bertz CT molecular complexity index is 786. The number of amides is 1. The summed E-state index contributed by atoms with van der Waals surface area (Å²) in [7, 11) is -3.75. The molecule has 1 amide bonds. The number of hydrogen-bond donors (Lipinski definition) is 2. The Labute approximate surface area is 140 Å². The van der Waals surface area contributed by atoms with Crippen LogP contribution in [-0.4, -0.2) is 25.4 Å². The van der Waals surface area contributed by atoms with E-state index in [1.807, 2.05) is 12.3 Å². The van der Waals surface area contributed by atoms with Crippen molar-refractivity contribution >= 4 is 27.3 Å². The molecule has 1 aromatic carbocycles. The van der Waals surface area contributed by atoms with Gasteiger partial charge in [-0.15, -0.1) is 11.3 Å². The number of nitrogens with zero attached hydrogens (tertiary/aromatic N) is 1. The molecular formula is C15H19N3O3S2. The predicted molar refractivity (Wildman–Crippen MR) is 89.7 cm³/mol. The second kappa shape index (κ2) is 7.20. The van der Waals surface area contributed by atoms with Gasteiger partial charge in [0.15, 0.2) is 0 Å². The van der Waals surface area contributed by atoms with Crippen molar-refractivity contribution in [2.75, 3.05) is 0 Å². The van der Waals surface area contributed by atoms with Gasteiger partial charge in [0.25, 0.3) is 0 Å². The highest BCUT2D eigenvalue weighted by atomic mass is 32.2. The first kappa shape index (κ1) is 17.6. The highest BCUT2D eigenvalue weighted by Crippen LogP contribution is 2.16. The molecule has 1 aromatic heterocycles. The van der Waals surface area contributed by atoms with Crippen LogP contribution in [-0.2, 0) is 21.4 Å². The molecule has 1 heterocycles. The van der Waals surface area contributed by atoms with Crippen LogP contribution >= 0.6 is 11.3 Å². The first-order valence-electron chi connectivity index (χ1n) is 7.04. The van der Waals surface area contributed by atoms with E-state index in [0.29, 0.717) is 5.56 Å². The quantitative estimate of drug-likeness (QED) is 0.828. The predicted octanol–water partition coefficient (Wildman–Crippen LogP) is 1.74. The molecule has 1 atom stereocenters. The van der Waals surface area contributed by atoms with Crippen LogP contribution in [0.1, 0.15) is 23.7 Å². The lowest BCUT2D eigenvalue weighted by Gasteiger charge is -2.15. The molecule has 0 aliphatic rings. The van der Waals surface area contributed by atoms with E-state index >= 15 is 0 Å². The first-order valence-corrected chi connectivity index (χ1v) is 9.46. The van der Waals surface area contributed by atoms with Crippen LogP contribution < -0.4 is 10.0 Å². The molecule has 0 saturated heterocycles. The Balaban J connectivity index is 2.02. The maximum Gasteiger partial charge on any atom is 0.241 e. The molecule has 124 valence electrons. The van der Waals surface area contributed by atoms with Crippen LogP contribution in [0.25, 0.3) is 0 Å².